The van der Waals surface area contributed by atoms with E-state index in [0.717, 1.165) is 25.7 Å². The smallest absolute Gasteiger partial charge is 0.193 e. The lowest BCUT2D eigenvalue weighted by atomic mass is 9.49. The molecule has 0 aromatic carbocycles. The van der Waals surface area contributed by atoms with Crippen LogP contribution in [0, 0.1) is 52.9 Å². The molecule has 0 saturated heterocycles. The van der Waals surface area contributed by atoms with E-state index in [1.165, 1.54) is 0 Å². The van der Waals surface area contributed by atoms with Crippen LogP contribution in [0.3, 0.4) is 0 Å². The summed E-state index contributed by atoms with van der Waals surface area (Å²) in [7, 11) is 0. The van der Waals surface area contributed by atoms with Crippen molar-refractivity contribution in [1.82, 2.24) is 0 Å². The van der Waals surface area contributed by atoms with Gasteiger partial charge in [-0.3, -0.25) is 9.59 Å². The first-order valence-corrected chi connectivity index (χ1v) is 9.98. The second-order valence-corrected chi connectivity index (χ2v) is 9.89. The second kappa shape index (κ2) is 3.97. The number of carbonyl (C=O) groups excluding carboxylic acids is 2. The standard InChI is InChI=1S/C22H24O4/c1-4-26-20-7-5-6-11(2)16-12(3)17(23)21-14-8-13(10-19(14,21)25)9-15(21)22(16,20)18(20)24/h1,11,13-16,25H,3,5-10H2,2H3. The van der Waals surface area contributed by atoms with Gasteiger partial charge in [0.05, 0.1) is 16.4 Å². The zero-order chi connectivity index (χ0) is 18.3. The van der Waals surface area contributed by atoms with Crippen LogP contribution in [-0.4, -0.2) is 27.9 Å². The van der Waals surface area contributed by atoms with Crippen LogP contribution in [0.1, 0.15) is 45.4 Å². The summed E-state index contributed by atoms with van der Waals surface area (Å²) in [5, 5.41) is 11.3. The van der Waals surface area contributed by atoms with Crippen molar-refractivity contribution in [3.05, 3.63) is 12.2 Å². The van der Waals surface area contributed by atoms with Crippen molar-refractivity contribution in [1.29, 1.82) is 0 Å². The third-order valence-corrected chi connectivity index (χ3v) is 9.47. The van der Waals surface area contributed by atoms with E-state index >= 15 is 0 Å². The predicted molar refractivity (Wildman–Crippen MR) is 92.4 cm³/mol. The molecular weight excluding hydrogens is 328 g/mol. The summed E-state index contributed by atoms with van der Waals surface area (Å²) < 4.78 is 5.77. The molecule has 4 heteroatoms. The number of aliphatic hydroxyl groups is 1. The highest BCUT2D eigenvalue weighted by molar-refractivity contribution is 6.18. The van der Waals surface area contributed by atoms with E-state index in [2.05, 4.69) is 19.6 Å². The first-order chi connectivity index (χ1) is 12.3. The highest BCUT2D eigenvalue weighted by Crippen LogP contribution is 2.89. The summed E-state index contributed by atoms with van der Waals surface area (Å²) in [6.45, 7) is 6.32. The normalized spacial score (nSPS) is 61.0. The van der Waals surface area contributed by atoms with E-state index in [1.807, 2.05) is 0 Å². The van der Waals surface area contributed by atoms with Gasteiger partial charge in [0.1, 0.15) is 6.11 Å². The quantitative estimate of drug-likeness (QED) is 0.581. The number of hydrogen-bond donors (Lipinski definition) is 1. The largest absolute Gasteiger partial charge is 0.431 e. The van der Waals surface area contributed by atoms with E-state index in [-0.39, 0.29) is 35.2 Å². The van der Waals surface area contributed by atoms with E-state index in [4.69, 9.17) is 11.2 Å². The average molecular weight is 352 g/mol. The second-order valence-electron chi connectivity index (χ2n) is 9.89. The molecule has 0 aromatic heterocycles. The van der Waals surface area contributed by atoms with Crippen LogP contribution in [0.15, 0.2) is 12.2 Å². The fraction of sp³-hybridized carbons (Fsp3) is 0.727. The highest BCUT2D eigenvalue weighted by Gasteiger charge is 2.99. The molecule has 136 valence electrons. The first kappa shape index (κ1) is 15.5. The van der Waals surface area contributed by atoms with Gasteiger partial charge in [-0.25, -0.2) is 0 Å². The van der Waals surface area contributed by atoms with E-state index in [9.17, 15) is 14.7 Å². The molecule has 0 amide bonds. The summed E-state index contributed by atoms with van der Waals surface area (Å²) in [5.41, 5.74) is -2.89. The molecule has 0 aromatic rings. The number of allylic oxidation sites excluding steroid dienone is 1. The van der Waals surface area contributed by atoms with Crippen LogP contribution < -0.4 is 0 Å². The van der Waals surface area contributed by atoms with Gasteiger partial charge in [0.15, 0.2) is 17.2 Å². The number of carbonyl (C=O) groups is 2. The van der Waals surface area contributed by atoms with Crippen LogP contribution in [0.5, 0.6) is 0 Å². The Labute approximate surface area is 153 Å². The Morgan fingerprint density at radius 2 is 2.00 bits per heavy atom. The number of ketones is 2. The molecule has 0 heterocycles. The van der Waals surface area contributed by atoms with E-state index < -0.39 is 22.0 Å². The minimum atomic E-state index is -0.967. The molecule has 9 atom stereocenters. The molecule has 7 aliphatic carbocycles. The van der Waals surface area contributed by atoms with Crippen LogP contribution in [0.2, 0.25) is 0 Å². The first-order valence-electron chi connectivity index (χ1n) is 9.98. The summed E-state index contributed by atoms with van der Waals surface area (Å²) in [4.78, 5) is 27.1. The van der Waals surface area contributed by atoms with Crippen molar-refractivity contribution >= 4 is 11.6 Å². The summed E-state index contributed by atoms with van der Waals surface area (Å²) in [5.74, 6) is 0.372. The predicted octanol–water partition coefficient (Wildman–Crippen LogP) is 2.25. The van der Waals surface area contributed by atoms with Gasteiger partial charge in [-0.1, -0.05) is 19.9 Å². The van der Waals surface area contributed by atoms with Crippen LogP contribution in [-0.2, 0) is 14.3 Å². The number of terminal acetylenes is 1. The Hall–Kier alpha value is -1.60. The average Bonchev–Trinajstić information content (AvgIpc) is 3.28. The van der Waals surface area contributed by atoms with Crippen molar-refractivity contribution < 1.29 is 19.4 Å². The maximum atomic E-state index is 13.6. The van der Waals surface area contributed by atoms with Crippen molar-refractivity contribution in [3.63, 3.8) is 0 Å². The van der Waals surface area contributed by atoms with Crippen molar-refractivity contribution in [2.45, 2.75) is 56.7 Å². The summed E-state index contributed by atoms with van der Waals surface area (Å²) in [6.07, 6.45) is 12.7. The van der Waals surface area contributed by atoms with Crippen LogP contribution >= 0.6 is 0 Å². The van der Waals surface area contributed by atoms with Gasteiger partial charge >= 0.3 is 0 Å². The topological polar surface area (TPSA) is 63.6 Å². The van der Waals surface area contributed by atoms with Gasteiger partial charge in [0, 0.05) is 11.8 Å². The van der Waals surface area contributed by atoms with Crippen molar-refractivity contribution in [3.8, 4) is 12.5 Å². The lowest BCUT2D eigenvalue weighted by Crippen LogP contribution is -2.57. The zero-order valence-electron chi connectivity index (χ0n) is 15.1. The van der Waals surface area contributed by atoms with Crippen molar-refractivity contribution in [2.75, 3.05) is 0 Å². The van der Waals surface area contributed by atoms with Gasteiger partial charge in [-0.15, -0.1) is 0 Å². The molecule has 0 aliphatic heterocycles. The molecule has 7 saturated carbocycles. The molecule has 26 heavy (non-hydrogen) atoms. The molecule has 1 N–H and O–H groups in total. The van der Waals surface area contributed by atoms with Gasteiger partial charge in [-0.05, 0) is 61.9 Å². The highest BCUT2D eigenvalue weighted by atomic mass is 16.5. The molecule has 4 nitrogen and oxygen atoms in total. The van der Waals surface area contributed by atoms with Gasteiger partial charge in [0.2, 0.25) is 0 Å². The third kappa shape index (κ3) is 1.10. The Morgan fingerprint density at radius 1 is 1.27 bits per heavy atom. The molecule has 7 rings (SSSR count). The lowest BCUT2D eigenvalue weighted by Gasteiger charge is -2.52. The molecule has 9 unspecified atom stereocenters. The molecular formula is C22H24O4. The molecule has 0 radical (unpaired) electrons. The Kier molecular flexibility index (Phi) is 2.36. The van der Waals surface area contributed by atoms with Gasteiger partial charge in [-0.2, -0.15) is 0 Å². The monoisotopic (exact) mass is 352 g/mol. The minimum Gasteiger partial charge on any atom is -0.431 e. The number of rotatable bonds is 1. The van der Waals surface area contributed by atoms with Gasteiger partial charge in [0.25, 0.3) is 0 Å². The molecule has 2 spiro atoms. The summed E-state index contributed by atoms with van der Waals surface area (Å²) >= 11 is 0. The fourth-order valence-electron chi connectivity index (χ4n) is 8.89. The number of Topliss-reactive ketones (excluding diaryl/α,β-unsaturated/α-hetero) is 2. The summed E-state index contributed by atoms with van der Waals surface area (Å²) in [6, 6.07) is 0. The van der Waals surface area contributed by atoms with E-state index in [1.54, 1.807) is 0 Å². The SMILES string of the molecule is C#COC12CCCC(C)C3C(=C)C(=O)C45C6CC(CC4C31C2=O)CC65O. The Bertz CT molecular complexity index is 853. The minimum absolute atomic E-state index is 0.00572. The molecule has 4 bridgehead atoms. The number of ether oxygens (including phenoxy) is 1. The number of hydrogen-bond acceptors (Lipinski definition) is 4. The van der Waals surface area contributed by atoms with E-state index in [0.29, 0.717) is 24.3 Å². The fourth-order valence-corrected chi connectivity index (χ4v) is 8.89. The maximum Gasteiger partial charge on any atom is 0.193 e. The third-order valence-electron chi connectivity index (χ3n) is 9.47. The molecule has 7 aliphatic rings. The maximum absolute atomic E-state index is 13.6. The van der Waals surface area contributed by atoms with Crippen molar-refractivity contribution in [2.24, 2.45) is 40.4 Å². The Balaban J connectivity index is 1.62. The van der Waals surface area contributed by atoms with Crippen LogP contribution in [0.4, 0.5) is 0 Å². The van der Waals surface area contributed by atoms with Crippen LogP contribution in [0.25, 0.3) is 0 Å². The zero-order valence-corrected chi connectivity index (χ0v) is 15.1. The lowest BCUT2D eigenvalue weighted by molar-refractivity contribution is -0.147. The van der Waals surface area contributed by atoms with Gasteiger partial charge < -0.3 is 9.84 Å². The molecule has 7 fully saturated rings. The Morgan fingerprint density at radius 3 is 2.65 bits per heavy atom.